The van der Waals surface area contributed by atoms with Gasteiger partial charge in [0.25, 0.3) is 0 Å². The number of nitrogens with two attached hydrogens (primary N) is 1. The summed E-state index contributed by atoms with van der Waals surface area (Å²) < 4.78 is 5.23. The molecule has 216 valence electrons. The van der Waals surface area contributed by atoms with Crippen LogP contribution < -0.4 is 21.7 Å². The Bertz CT molecular complexity index is 1200. The number of nitrogens with one attached hydrogen (secondary N) is 3. The Morgan fingerprint density at radius 1 is 0.925 bits per heavy atom. The molecule has 0 aromatic heterocycles. The Morgan fingerprint density at radius 2 is 1.60 bits per heavy atom. The van der Waals surface area contributed by atoms with Gasteiger partial charge >= 0.3 is 5.97 Å². The number of ether oxygens (including phenoxy) is 1. The summed E-state index contributed by atoms with van der Waals surface area (Å²) in [6.07, 6.45) is -0.733. The van der Waals surface area contributed by atoms with E-state index in [0.29, 0.717) is 24.1 Å². The van der Waals surface area contributed by atoms with Crippen LogP contribution in [0.15, 0.2) is 48.5 Å². The van der Waals surface area contributed by atoms with Crippen molar-refractivity contribution in [3.63, 3.8) is 0 Å². The van der Waals surface area contributed by atoms with Crippen LogP contribution in [0.25, 0.3) is 0 Å². The van der Waals surface area contributed by atoms with Crippen LogP contribution in [-0.4, -0.2) is 53.3 Å². The number of hydrogen-bond donors (Lipinski definition) is 5. The molecule has 0 aliphatic carbocycles. The van der Waals surface area contributed by atoms with Crippen LogP contribution >= 0.6 is 0 Å². The first-order valence-corrected chi connectivity index (χ1v) is 13.3. The standard InChI is InChI=1S/C29H38N4O7/c1-4-10-27(37)32-23(16-26(36)20-12-7-9-14-22(20)31-18(3)34)28(38)33-24(29(39)40-15-5-2)17-25(35)19-11-6-8-13-21(19)30/h6-9,11-14,23-25,35H,4-5,10,15-17,30H2,1-3H3,(H,31,34)(H,32,37)(H,33,38). The van der Waals surface area contributed by atoms with Crippen molar-refractivity contribution in [3.8, 4) is 0 Å². The lowest BCUT2D eigenvalue weighted by atomic mass is 9.98. The molecule has 0 saturated carbocycles. The van der Waals surface area contributed by atoms with Crippen molar-refractivity contribution in [3.05, 3.63) is 59.7 Å². The highest BCUT2D eigenvalue weighted by atomic mass is 16.5. The molecule has 11 nitrogen and oxygen atoms in total. The normalized spacial score (nSPS) is 12.9. The molecule has 2 aromatic rings. The van der Waals surface area contributed by atoms with E-state index in [9.17, 15) is 29.1 Å². The number of para-hydroxylation sites is 2. The largest absolute Gasteiger partial charge is 0.464 e. The van der Waals surface area contributed by atoms with Gasteiger partial charge in [-0.25, -0.2) is 4.79 Å². The van der Waals surface area contributed by atoms with E-state index in [1.165, 1.54) is 13.0 Å². The molecule has 3 amide bonds. The molecule has 0 aliphatic heterocycles. The zero-order valence-electron chi connectivity index (χ0n) is 23.1. The number of esters is 1. The van der Waals surface area contributed by atoms with E-state index < -0.39 is 48.2 Å². The third-order valence-electron chi connectivity index (χ3n) is 5.92. The maximum Gasteiger partial charge on any atom is 0.328 e. The molecule has 0 bridgehead atoms. The van der Waals surface area contributed by atoms with Gasteiger partial charge in [-0.2, -0.15) is 0 Å². The molecule has 2 rings (SSSR count). The minimum Gasteiger partial charge on any atom is -0.464 e. The van der Waals surface area contributed by atoms with Crippen molar-refractivity contribution in [2.24, 2.45) is 0 Å². The second-order valence-corrected chi connectivity index (χ2v) is 9.33. The Balaban J connectivity index is 2.31. The molecule has 40 heavy (non-hydrogen) atoms. The van der Waals surface area contributed by atoms with Crippen LogP contribution in [0.5, 0.6) is 0 Å². The Morgan fingerprint density at radius 3 is 2.25 bits per heavy atom. The highest BCUT2D eigenvalue weighted by Crippen LogP contribution is 2.24. The van der Waals surface area contributed by atoms with Crippen molar-refractivity contribution in [1.82, 2.24) is 10.6 Å². The molecule has 0 radical (unpaired) electrons. The van der Waals surface area contributed by atoms with Crippen molar-refractivity contribution >= 4 is 40.8 Å². The van der Waals surface area contributed by atoms with Crippen molar-refractivity contribution < 1.29 is 33.8 Å². The first-order valence-electron chi connectivity index (χ1n) is 13.3. The summed E-state index contributed by atoms with van der Waals surface area (Å²) in [5, 5.41) is 18.5. The fourth-order valence-corrected chi connectivity index (χ4v) is 3.98. The molecule has 6 N–H and O–H groups in total. The van der Waals surface area contributed by atoms with E-state index in [2.05, 4.69) is 16.0 Å². The number of hydrogen-bond acceptors (Lipinski definition) is 8. The van der Waals surface area contributed by atoms with E-state index >= 15 is 0 Å². The van der Waals surface area contributed by atoms with Crippen molar-refractivity contribution in [2.75, 3.05) is 17.7 Å². The van der Waals surface area contributed by atoms with Crippen molar-refractivity contribution in [1.29, 1.82) is 0 Å². The van der Waals surface area contributed by atoms with Gasteiger partial charge in [-0.3, -0.25) is 19.2 Å². The fraction of sp³-hybridized carbons (Fsp3) is 0.414. The fourth-order valence-electron chi connectivity index (χ4n) is 3.98. The summed E-state index contributed by atoms with van der Waals surface area (Å²) in [6, 6.07) is 10.3. The van der Waals surface area contributed by atoms with Gasteiger partial charge in [0.1, 0.15) is 12.1 Å². The quantitative estimate of drug-likeness (QED) is 0.127. The number of aliphatic hydroxyl groups excluding tert-OH is 1. The highest BCUT2D eigenvalue weighted by Gasteiger charge is 2.32. The number of carbonyl (C=O) groups excluding carboxylic acids is 5. The molecule has 0 heterocycles. The SMILES string of the molecule is CCCOC(=O)C(CC(O)c1ccccc1N)NC(=O)C(CC(=O)c1ccccc1NC(C)=O)NC(=O)CCC. The molecule has 3 unspecified atom stereocenters. The highest BCUT2D eigenvalue weighted by molar-refractivity contribution is 6.06. The number of aliphatic hydroxyl groups is 1. The number of nitrogen functional groups attached to an aromatic ring is 1. The predicted octanol–water partition coefficient (Wildman–Crippen LogP) is 2.65. The number of anilines is 2. The zero-order chi connectivity index (χ0) is 29.7. The molecule has 0 spiro atoms. The van der Waals surface area contributed by atoms with Crippen LogP contribution in [0.4, 0.5) is 11.4 Å². The summed E-state index contributed by atoms with van der Waals surface area (Å²) in [5.74, 6) is -2.92. The smallest absolute Gasteiger partial charge is 0.328 e. The summed E-state index contributed by atoms with van der Waals surface area (Å²) in [5.41, 5.74) is 7.08. The molecule has 0 fully saturated rings. The maximum atomic E-state index is 13.4. The maximum absolute atomic E-state index is 13.4. The average molecular weight is 555 g/mol. The van der Waals surface area contributed by atoms with E-state index in [0.717, 1.165) is 0 Å². The first kappa shape index (κ1) is 32.0. The number of Topliss-reactive ketones (excluding diaryl/α,β-unsaturated/α-hetero) is 1. The lowest BCUT2D eigenvalue weighted by Gasteiger charge is -2.24. The number of rotatable bonds is 15. The van der Waals surface area contributed by atoms with E-state index in [1.807, 2.05) is 6.92 Å². The minimum atomic E-state index is -1.34. The second kappa shape index (κ2) is 16.0. The summed E-state index contributed by atoms with van der Waals surface area (Å²) >= 11 is 0. The van der Waals surface area contributed by atoms with Crippen LogP contribution in [0, 0.1) is 0 Å². The number of carbonyl (C=O) groups is 5. The van der Waals surface area contributed by atoms with Crippen LogP contribution in [0.1, 0.15) is 74.9 Å². The van der Waals surface area contributed by atoms with Gasteiger partial charge in [0, 0.05) is 43.0 Å². The monoisotopic (exact) mass is 554 g/mol. The van der Waals surface area contributed by atoms with Gasteiger partial charge < -0.3 is 31.5 Å². The third-order valence-corrected chi connectivity index (χ3v) is 5.92. The molecule has 3 atom stereocenters. The first-order chi connectivity index (χ1) is 19.1. The molecule has 2 aromatic carbocycles. The molecular formula is C29H38N4O7. The Hall–Kier alpha value is -4.25. The topological polar surface area (TPSA) is 177 Å². The predicted molar refractivity (Wildman–Crippen MR) is 150 cm³/mol. The van der Waals surface area contributed by atoms with Crippen LogP contribution in [0.3, 0.4) is 0 Å². The van der Waals surface area contributed by atoms with Gasteiger partial charge in [0.05, 0.1) is 18.4 Å². The number of ketones is 1. The lowest BCUT2D eigenvalue weighted by Crippen LogP contribution is -2.53. The third kappa shape index (κ3) is 9.81. The van der Waals surface area contributed by atoms with Gasteiger partial charge in [-0.1, -0.05) is 44.2 Å². The lowest BCUT2D eigenvalue weighted by molar-refractivity contribution is -0.149. The molecule has 0 aliphatic rings. The Labute approximate surface area is 233 Å². The summed E-state index contributed by atoms with van der Waals surface area (Å²) in [7, 11) is 0. The van der Waals surface area contributed by atoms with Crippen LogP contribution in [0.2, 0.25) is 0 Å². The number of amides is 3. The zero-order valence-corrected chi connectivity index (χ0v) is 23.1. The van der Waals surface area contributed by atoms with Gasteiger partial charge in [0.2, 0.25) is 17.7 Å². The summed E-state index contributed by atoms with van der Waals surface area (Å²) in [6.45, 7) is 5.01. The van der Waals surface area contributed by atoms with Gasteiger partial charge in [0.15, 0.2) is 5.78 Å². The van der Waals surface area contributed by atoms with Crippen LogP contribution in [-0.2, 0) is 23.9 Å². The average Bonchev–Trinajstić information content (AvgIpc) is 2.91. The molecule has 0 saturated heterocycles. The van der Waals surface area contributed by atoms with E-state index in [-0.39, 0.29) is 36.6 Å². The van der Waals surface area contributed by atoms with Gasteiger partial charge in [-0.15, -0.1) is 0 Å². The minimum absolute atomic E-state index is 0.101. The molecule has 11 heteroatoms. The Kier molecular flexibility index (Phi) is 12.8. The second-order valence-electron chi connectivity index (χ2n) is 9.33. The summed E-state index contributed by atoms with van der Waals surface area (Å²) in [4.78, 5) is 63.5. The van der Waals surface area contributed by atoms with Gasteiger partial charge in [-0.05, 0) is 31.0 Å². The van der Waals surface area contributed by atoms with Crippen molar-refractivity contribution in [2.45, 2.75) is 71.1 Å². The number of benzene rings is 2. The van der Waals surface area contributed by atoms with E-state index in [1.54, 1.807) is 49.4 Å². The van der Waals surface area contributed by atoms with E-state index in [4.69, 9.17) is 10.5 Å². The molecular weight excluding hydrogens is 516 g/mol.